The van der Waals surface area contributed by atoms with Crippen LogP contribution >= 0.6 is 0 Å². The van der Waals surface area contributed by atoms with Crippen molar-refractivity contribution in [3.63, 3.8) is 0 Å². The Morgan fingerprint density at radius 1 is 1.33 bits per heavy atom. The topological polar surface area (TPSA) is 46.3 Å². The van der Waals surface area contributed by atoms with Crippen LogP contribution in [0.1, 0.15) is 53.9 Å². The molecule has 2 N–H and O–H groups in total. The molecule has 0 aliphatic heterocycles. The number of carbonyl (C=O) groups excluding carboxylic acids is 1. The fourth-order valence-electron chi connectivity index (χ4n) is 2.76. The summed E-state index contributed by atoms with van der Waals surface area (Å²) >= 11 is 0. The van der Waals surface area contributed by atoms with E-state index in [-0.39, 0.29) is 29.3 Å². The van der Waals surface area contributed by atoms with Gasteiger partial charge in [-0.2, -0.15) is 0 Å². The molecule has 0 aromatic rings. The summed E-state index contributed by atoms with van der Waals surface area (Å²) < 4.78 is 0. The van der Waals surface area contributed by atoms with Crippen molar-refractivity contribution in [3.05, 3.63) is 0 Å². The van der Waals surface area contributed by atoms with Gasteiger partial charge in [-0.3, -0.25) is 4.79 Å². The molecule has 106 valence electrons. The van der Waals surface area contributed by atoms with Crippen molar-refractivity contribution in [1.82, 2.24) is 4.90 Å². The van der Waals surface area contributed by atoms with Crippen LogP contribution in [-0.4, -0.2) is 29.9 Å². The maximum absolute atomic E-state index is 12.6. The summed E-state index contributed by atoms with van der Waals surface area (Å²) in [4.78, 5) is 14.5. The number of carbonyl (C=O) groups is 1. The summed E-state index contributed by atoms with van der Waals surface area (Å²) in [6.45, 7) is 10.8. The molecule has 18 heavy (non-hydrogen) atoms. The first-order valence-corrected chi connectivity index (χ1v) is 7.18. The van der Waals surface area contributed by atoms with Crippen molar-refractivity contribution in [3.8, 4) is 0 Å². The van der Waals surface area contributed by atoms with E-state index < -0.39 is 0 Å². The molecule has 3 nitrogen and oxygen atoms in total. The van der Waals surface area contributed by atoms with Gasteiger partial charge in [-0.15, -0.1) is 0 Å². The van der Waals surface area contributed by atoms with E-state index in [2.05, 4.69) is 34.6 Å². The molecular weight excluding hydrogens is 224 g/mol. The number of hydrogen-bond acceptors (Lipinski definition) is 2. The molecule has 0 heterocycles. The Morgan fingerprint density at radius 2 is 1.89 bits per heavy atom. The SMILES string of the molecule is CC1CCCC(C(=O)N(C)C(C)C(C)(C)C)C1N. The zero-order valence-electron chi connectivity index (χ0n) is 12.9. The second kappa shape index (κ2) is 5.60. The lowest BCUT2D eigenvalue weighted by atomic mass is 9.77. The van der Waals surface area contributed by atoms with E-state index in [1.807, 2.05) is 11.9 Å². The van der Waals surface area contributed by atoms with E-state index in [1.54, 1.807) is 0 Å². The van der Waals surface area contributed by atoms with Gasteiger partial charge in [0, 0.05) is 19.1 Å². The van der Waals surface area contributed by atoms with E-state index >= 15 is 0 Å². The number of nitrogens with zero attached hydrogens (tertiary/aromatic N) is 1. The third-order valence-electron chi connectivity index (χ3n) is 4.80. The Hall–Kier alpha value is -0.570. The van der Waals surface area contributed by atoms with Crippen LogP contribution in [-0.2, 0) is 4.79 Å². The third-order valence-corrected chi connectivity index (χ3v) is 4.80. The predicted octanol–water partition coefficient (Wildman–Crippen LogP) is 2.64. The highest BCUT2D eigenvalue weighted by Crippen LogP contribution is 2.31. The maximum Gasteiger partial charge on any atom is 0.227 e. The van der Waals surface area contributed by atoms with Crippen LogP contribution in [0.3, 0.4) is 0 Å². The average Bonchev–Trinajstić information content (AvgIpc) is 2.28. The van der Waals surface area contributed by atoms with Gasteiger partial charge in [-0.25, -0.2) is 0 Å². The predicted molar refractivity (Wildman–Crippen MR) is 76.2 cm³/mol. The second-order valence-electron chi connectivity index (χ2n) is 7.08. The van der Waals surface area contributed by atoms with Gasteiger partial charge in [0.25, 0.3) is 0 Å². The van der Waals surface area contributed by atoms with Crippen LogP contribution in [0, 0.1) is 17.3 Å². The van der Waals surface area contributed by atoms with E-state index in [4.69, 9.17) is 5.73 Å². The van der Waals surface area contributed by atoms with Crippen LogP contribution in [0.2, 0.25) is 0 Å². The molecule has 0 saturated heterocycles. The molecule has 3 heteroatoms. The Kier molecular flexibility index (Phi) is 4.82. The lowest BCUT2D eigenvalue weighted by molar-refractivity contribution is -0.140. The number of hydrogen-bond donors (Lipinski definition) is 1. The van der Waals surface area contributed by atoms with Gasteiger partial charge in [0.2, 0.25) is 5.91 Å². The molecule has 0 aromatic carbocycles. The van der Waals surface area contributed by atoms with Crippen molar-refractivity contribution in [2.45, 2.75) is 66.0 Å². The molecule has 0 spiro atoms. The number of rotatable bonds is 2. The fourth-order valence-corrected chi connectivity index (χ4v) is 2.76. The quantitative estimate of drug-likeness (QED) is 0.823. The molecule has 0 aromatic heterocycles. The van der Waals surface area contributed by atoms with Gasteiger partial charge in [0.1, 0.15) is 0 Å². The highest BCUT2D eigenvalue weighted by Gasteiger charge is 2.37. The monoisotopic (exact) mass is 254 g/mol. The van der Waals surface area contributed by atoms with E-state index in [1.165, 1.54) is 0 Å². The first-order valence-electron chi connectivity index (χ1n) is 7.18. The van der Waals surface area contributed by atoms with Gasteiger partial charge in [-0.1, -0.05) is 34.1 Å². The second-order valence-corrected chi connectivity index (χ2v) is 7.08. The summed E-state index contributed by atoms with van der Waals surface area (Å²) in [5, 5.41) is 0. The lowest BCUT2D eigenvalue weighted by Gasteiger charge is -2.40. The van der Waals surface area contributed by atoms with Crippen molar-refractivity contribution in [1.29, 1.82) is 0 Å². The Morgan fingerprint density at radius 3 is 2.39 bits per heavy atom. The summed E-state index contributed by atoms with van der Waals surface area (Å²) in [5.74, 6) is 0.714. The summed E-state index contributed by atoms with van der Waals surface area (Å²) in [5.41, 5.74) is 6.33. The largest absolute Gasteiger partial charge is 0.342 e. The fraction of sp³-hybridized carbons (Fsp3) is 0.933. The zero-order chi connectivity index (χ0) is 14.1. The van der Waals surface area contributed by atoms with E-state index in [9.17, 15) is 4.79 Å². The molecule has 1 aliphatic carbocycles. The van der Waals surface area contributed by atoms with Crippen molar-refractivity contribution >= 4 is 5.91 Å². The van der Waals surface area contributed by atoms with Gasteiger partial charge in [0.15, 0.2) is 0 Å². The first kappa shape index (κ1) is 15.5. The molecule has 1 fully saturated rings. The summed E-state index contributed by atoms with van der Waals surface area (Å²) in [6.07, 6.45) is 3.23. The van der Waals surface area contributed by atoms with Crippen molar-refractivity contribution in [2.75, 3.05) is 7.05 Å². The minimum atomic E-state index is 0.0172. The molecule has 1 saturated carbocycles. The Balaban J connectivity index is 2.74. The highest BCUT2D eigenvalue weighted by atomic mass is 16.2. The number of amides is 1. The minimum absolute atomic E-state index is 0.0172. The Labute approximate surface area is 112 Å². The summed E-state index contributed by atoms with van der Waals surface area (Å²) in [6, 6.07) is 0.260. The lowest BCUT2D eigenvalue weighted by Crippen LogP contribution is -2.52. The van der Waals surface area contributed by atoms with Crippen LogP contribution in [0.25, 0.3) is 0 Å². The standard InChI is InChI=1S/C15H30N2O/c1-10-8-7-9-12(13(10)16)14(18)17(6)11(2)15(3,4)5/h10-13H,7-9,16H2,1-6H3. The smallest absolute Gasteiger partial charge is 0.227 e. The molecule has 4 atom stereocenters. The molecule has 4 unspecified atom stereocenters. The number of nitrogens with two attached hydrogens (primary N) is 1. The van der Waals surface area contributed by atoms with Crippen LogP contribution < -0.4 is 5.73 Å². The molecular formula is C15H30N2O. The molecule has 1 rings (SSSR count). The Bertz CT molecular complexity index is 295. The minimum Gasteiger partial charge on any atom is -0.342 e. The van der Waals surface area contributed by atoms with Gasteiger partial charge in [-0.05, 0) is 31.1 Å². The van der Waals surface area contributed by atoms with Crippen LogP contribution in [0.5, 0.6) is 0 Å². The third kappa shape index (κ3) is 3.25. The van der Waals surface area contributed by atoms with Crippen LogP contribution in [0.15, 0.2) is 0 Å². The maximum atomic E-state index is 12.6. The normalized spacial score (nSPS) is 30.9. The first-order chi connectivity index (χ1) is 8.16. The van der Waals surface area contributed by atoms with Gasteiger partial charge in [0.05, 0.1) is 5.92 Å². The zero-order valence-corrected chi connectivity index (χ0v) is 12.9. The van der Waals surface area contributed by atoms with Gasteiger partial charge < -0.3 is 10.6 Å². The summed E-state index contributed by atoms with van der Waals surface area (Å²) in [7, 11) is 1.92. The van der Waals surface area contributed by atoms with Crippen molar-refractivity contribution < 1.29 is 4.79 Å². The van der Waals surface area contributed by atoms with E-state index in [0.29, 0.717) is 5.92 Å². The molecule has 1 amide bonds. The van der Waals surface area contributed by atoms with E-state index in [0.717, 1.165) is 19.3 Å². The molecule has 0 bridgehead atoms. The molecule has 0 radical (unpaired) electrons. The average molecular weight is 254 g/mol. The van der Waals surface area contributed by atoms with Gasteiger partial charge >= 0.3 is 0 Å². The highest BCUT2D eigenvalue weighted by molar-refractivity contribution is 5.79. The molecule has 1 aliphatic rings. The van der Waals surface area contributed by atoms with Crippen LogP contribution in [0.4, 0.5) is 0 Å². The van der Waals surface area contributed by atoms with Crippen molar-refractivity contribution in [2.24, 2.45) is 23.0 Å².